The molecule has 0 amide bonds. The number of Topliss-reactive ketones (excluding diaryl/α,β-unsaturated/α-hetero) is 1. The van der Waals surface area contributed by atoms with Gasteiger partial charge in [0.25, 0.3) is 0 Å². The third-order valence-electron chi connectivity index (χ3n) is 4.77. The topological polar surface area (TPSA) is 63.6 Å². The molecular formula is C22H34O4. The van der Waals surface area contributed by atoms with Gasteiger partial charge in [0.1, 0.15) is 5.78 Å². The van der Waals surface area contributed by atoms with Crippen LogP contribution in [0.25, 0.3) is 0 Å². The number of carbonyl (C=O) groups excluding carboxylic acids is 2. The average Bonchev–Trinajstić information content (AvgIpc) is 2.97. The van der Waals surface area contributed by atoms with E-state index < -0.39 is 6.10 Å². The van der Waals surface area contributed by atoms with Crippen LogP contribution in [0.2, 0.25) is 0 Å². The molecule has 0 spiro atoms. The molecule has 1 fully saturated rings. The second-order valence-corrected chi connectivity index (χ2v) is 6.94. The van der Waals surface area contributed by atoms with Crippen LogP contribution in [-0.2, 0) is 14.3 Å². The average molecular weight is 363 g/mol. The summed E-state index contributed by atoms with van der Waals surface area (Å²) in [4.78, 5) is 23.3. The SMILES string of the molecule is CCCCC(O)C=CC1CCC(=O)C1CC#CCCCCC(=O)OCC. The lowest BCUT2D eigenvalue weighted by Gasteiger charge is -2.12. The van der Waals surface area contributed by atoms with Crippen LogP contribution in [0.3, 0.4) is 0 Å². The van der Waals surface area contributed by atoms with Crippen LogP contribution >= 0.6 is 0 Å². The van der Waals surface area contributed by atoms with Crippen molar-refractivity contribution < 1.29 is 19.4 Å². The summed E-state index contributed by atoms with van der Waals surface area (Å²) >= 11 is 0. The van der Waals surface area contributed by atoms with E-state index in [1.54, 1.807) is 0 Å². The Morgan fingerprint density at radius 2 is 2.12 bits per heavy atom. The van der Waals surface area contributed by atoms with Gasteiger partial charge in [0.2, 0.25) is 0 Å². The van der Waals surface area contributed by atoms with E-state index in [4.69, 9.17) is 4.74 Å². The normalized spacial score (nSPS) is 20.8. The highest BCUT2D eigenvalue weighted by Gasteiger charge is 2.32. The number of hydrogen-bond donors (Lipinski definition) is 1. The predicted octanol–water partition coefficient (Wildman–Crippen LogP) is 4.21. The summed E-state index contributed by atoms with van der Waals surface area (Å²) in [6.45, 7) is 4.35. The van der Waals surface area contributed by atoms with Crippen molar-refractivity contribution in [2.45, 2.75) is 84.2 Å². The highest BCUT2D eigenvalue weighted by molar-refractivity contribution is 5.84. The van der Waals surface area contributed by atoms with E-state index >= 15 is 0 Å². The molecule has 0 aliphatic heterocycles. The van der Waals surface area contributed by atoms with Crippen molar-refractivity contribution in [3.05, 3.63) is 12.2 Å². The lowest BCUT2D eigenvalue weighted by atomic mass is 9.91. The second-order valence-electron chi connectivity index (χ2n) is 6.94. The van der Waals surface area contributed by atoms with Gasteiger partial charge < -0.3 is 9.84 Å². The van der Waals surface area contributed by atoms with Gasteiger partial charge in [-0.2, -0.15) is 0 Å². The van der Waals surface area contributed by atoms with Gasteiger partial charge in [-0.05, 0) is 38.5 Å². The molecule has 3 atom stereocenters. The van der Waals surface area contributed by atoms with Gasteiger partial charge in [0, 0.05) is 31.6 Å². The number of ketones is 1. The number of rotatable bonds is 11. The first kappa shape index (κ1) is 22.4. The van der Waals surface area contributed by atoms with E-state index in [9.17, 15) is 14.7 Å². The van der Waals surface area contributed by atoms with E-state index in [1.807, 2.05) is 19.1 Å². The zero-order valence-corrected chi connectivity index (χ0v) is 16.3. The molecule has 0 radical (unpaired) electrons. The number of esters is 1. The molecule has 1 aliphatic rings. The molecule has 3 unspecified atom stereocenters. The Hall–Kier alpha value is -1.60. The zero-order valence-electron chi connectivity index (χ0n) is 16.3. The summed E-state index contributed by atoms with van der Waals surface area (Å²) in [6, 6.07) is 0. The molecule has 0 saturated heterocycles. The molecule has 1 rings (SSSR count). The molecule has 0 aromatic rings. The van der Waals surface area contributed by atoms with Crippen molar-refractivity contribution in [3.63, 3.8) is 0 Å². The van der Waals surface area contributed by atoms with Crippen LogP contribution < -0.4 is 0 Å². The number of aliphatic hydroxyl groups excluding tert-OH is 1. The van der Waals surface area contributed by atoms with Crippen molar-refractivity contribution in [1.29, 1.82) is 0 Å². The summed E-state index contributed by atoms with van der Waals surface area (Å²) in [7, 11) is 0. The highest BCUT2D eigenvalue weighted by atomic mass is 16.5. The van der Waals surface area contributed by atoms with Crippen LogP contribution in [0.1, 0.15) is 78.1 Å². The zero-order chi connectivity index (χ0) is 19.2. The molecule has 1 aliphatic carbocycles. The number of ether oxygens (including phenoxy) is 1. The third kappa shape index (κ3) is 9.20. The summed E-state index contributed by atoms with van der Waals surface area (Å²) in [6.07, 6.45) is 11.3. The van der Waals surface area contributed by atoms with E-state index in [2.05, 4.69) is 18.8 Å². The fraction of sp³-hybridized carbons (Fsp3) is 0.727. The Kier molecular flexibility index (Phi) is 11.7. The van der Waals surface area contributed by atoms with Crippen molar-refractivity contribution in [3.8, 4) is 11.8 Å². The highest BCUT2D eigenvalue weighted by Crippen LogP contribution is 2.32. The minimum Gasteiger partial charge on any atom is -0.466 e. The molecule has 146 valence electrons. The second kappa shape index (κ2) is 13.6. The molecule has 0 aromatic carbocycles. The molecule has 1 saturated carbocycles. The number of allylic oxidation sites excluding steroid dienone is 1. The molecule has 1 N–H and O–H groups in total. The Bertz CT molecular complexity index is 512. The molecule has 0 bridgehead atoms. The third-order valence-corrected chi connectivity index (χ3v) is 4.77. The summed E-state index contributed by atoms with van der Waals surface area (Å²) in [5.74, 6) is 6.58. The molecule has 4 nitrogen and oxygen atoms in total. The van der Waals surface area contributed by atoms with Gasteiger partial charge in [0.15, 0.2) is 0 Å². The Morgan fingerprint density at radius 1 is 1.31 bits per heavy atom. The van der Waals surface area contributed by atoms with E-state index in [0.717, 1.165) is 44.9 Å². The molecule has 4 heteroatoms. The lowest BCUT2D eigenvalue weighted by molar-refractivity contribution is -0.143. The predicted molar refractivity (Wildman–Crippen MR) is 103 cm³/mol. The Balaban J connectivity index is 2.32. The first-order chi connectivity index (χ1) is 12.6. The van der Waals surface area contributed by atoms with Crippen molar-refractivity contribution in [2.24, 2.45) is 11.8 Å². The van der Waals surface area contributed by atoms with Crippen LogP contribution in [0.4, 0.5) is 0 Å². The Labute approximate surface area is 158 Å². The van der Waals surface area contributed by atoms with Gasteiger partial charge >= 0.3 is 5.97 Å². The fourth-order valence-electron chi connectivity index (χ4n) is 3.20. The number of hydrogen-bond acceptors (Lipinski definition) is 4. The monoisotopic (exact) mass is 362 g/mol. The summed E-state index contributed by atoms with van der Waals surface area (Å²) in [5.41, 5.74) is 0. The molecule has 0 heterocycles. The van der Waals surface area contributed by atoms with E-state index in [0.29, 0.717) is 31.7 Å². The quantitative estimate of drug-likeness (QED) is 0.259. The minimum atomic E-state index is -0.406. The van der Waals surface area contributed by atoms with Gasteiger partial charge in [-0.1, -0.05) is 31.9 Å². The standard InChI is InChI=1S/C22H34O4/c1-3-5-11-19(23)16-14-18-15-17-21(24)20(18)12-9-7-6-8-10-13-22(25)26-4-2/h14,16,18-20,23H,3-6,8,10-13,15,17H2,1-2H3. The van der Waals surface area contributed by atoms with Crippen LogP contribution in [0, 0.1) is 23.7 Å². The van der Waals surface area contributed by atoms with Gasteiger partial charge in [-0.15, -0.1) is 11.8 Å². The van der Waals surface area contributed by atoms with Gasteiger partial charge in [-0.25, -0.2) is 0 Å². The van der Waals surface area contributed by atoms with Gasteiger partial charge in [-0.3, -0.25) is 9.59 Å². The van der Waals surface area contributed by atoms with Crippen molar-refractivity contribution in [1.82, 2.24) is 0 Å². The summed E-state index contributed by atoms with van der Waals surface area (Å²) in [5, 5.41) is 9.93. The first-order valence-electron chi connectivity index (χ1n) is 10.1. The smallest absolute Gasteiger partial charge is 0.305 e. The van der Waals surface area contributed by atoms with Crippen LogP contribution in [0.15, 0.2) is 12.2 Å². The fourth-order valence-corrected chi connectivity index (χ4v) is 3.20. The minimum absolute atomic E-state index is 0.0309. The molecule has 26 heavy (non-hydrogen) atoms. The van der Waals surface area contributed by atoms with Gasteiger partial charge in [0.05, 0.1) is 12.7 Å². The summed E-state index contributed by atoms with van der Waals surface area (Å²) < 4.78 is 4.89. The van der Waals surface area contributed by atoms with Crippen molar-refractivity contribution in [2.75, 3.05) is 6.61 Å². The maximum Gasteiger partial charge on any atom is 0.305 e. The van der Waals surface area contributed by atoms with Crippen LogP contribution in [0.5, 0.6) is 0 Å². The number of unbranched alkanes of at least 4 members (excludes halogenated alkanes) is 3. The molecule has 0 aromatic heterocycles. The lowest BCUT2D eigenvalue weighted by Crippen LogP contribution is -2.13. The number of aliphatic hydroxyl groups is 1. The Morgan fingerprint density at radius 3 is 2.85 bits per heavy atom. The number of carbonyl (C=O) groups is 2. The maximum absolute atomic E-state index is 12.1. The van der Waals surface area contributed by atoms with E-state index in [1.165, 1.54) is 0 Å². The first-order valence-corrected chi connectivity index (χ1v) is 10.1. The molecular weight excluding hydrogens is 328 g/mol. The maximum atomic E-state index is 12.1. The van der Waals surface area contributed by atoms with Crippen molar-refractivity contribution >= 4 is 11.8 Å². The van der Waals surface area contributed by atoms with Crippen LogP contribution in [-0.4, -0.2) is 29.6 Å². The van der Waals surface area contributed by atoms with E-state index in [-0.39, 0.29) is 17.8 Å². The largest absolute Gasteiger partial charge is 0.466 e.